The molecule has 2 aromatic carbocycles. The van der Waals surface area contributed by atoms with Gasteiger partial charge in [-0.2, -0.15) is 0 Å². The molecule has 0 saturated heterocycles. The molecule has 0 aliphatic heterocycles. The predicted octanol–water partition coefficient (Wildman–Crippen LogP) is 3.33. The van der Waals surface area contributed by atoms with Crippen molar-refractivity contribution in [1.82, 2.24) is 0 Å². The van der Waals surface area contributed by atoms with Gasteiger partial charge < -0.3 is 19.5 Å². The molecule has 0 spiro atoms. The van der Waals surface area contributed by atoms with Gasteiger partial charge >= 0.3 is 0 Å². The van der Waals surface area contributed by atoms with Gasteiger partial charge in [0, 0.05) is 30.4 Å². The highest BCUT2D eigenvalue weighted by Crippen LogP contribution is 2.27. The zero-order chi connectivity index (χ0) is 15.1. The lowest BCUT2D eigenvalue weighted by molar-refractivity contribution is 0.324. The summed E-state index contributed by atoms with van der Waals surface area (Å²) in [5.41, 5.74) is 0.724. The number of hydrogen-bond donors (Lipinski definition) is 1. The van der Waals surface area contributed by atoms with Gasteiger partial charge in [-0.15, -0.1) is 0 Å². The second-order valence-electron chi connectivity index (χ2n) is 4.33. The summed E-state index contributed by atoms with van der Waals surface area (Å²) < 4.78 is 29.0. The third kappa shape index (κ3) is 4.56. The summed E-state index contributed by atoms with van der Waals surface area (Å²) in [6, 6.07) is 11.6. The van der Waals surface area contributed by atoms with E-state index >= 15 is 0 Å². The van der Waals surface area contributed by atoms with Crippen molar-refractivity contribution < 1.29 is 18.6 Å². The maximum Gasteiger partial charge on any atom is 0.126 e. The van der Waals surface area contributed by atoms with Gasteiger partial charge in [0.25, 0.3) is 0 Å². The van der Waals surface area contributed by atoms with Crippen molar-refractivity contribution in [2.45, 2.75) is 0 Å². The molecule has 5 heteroatoms. The van der Waals surface area contributed by atoms with E-state index in [0.29, 0.717) is 30.4 Å². The van der Waals surface area contributed by atoms with Crippen LogP contribution in [0.2, 0.25) is 0 Å². The van der Waals surface area contributed by atoms with E-state index in [9.17, 15) is 4.39 Å². The summed E-state index contributed by atoms with van der Waals surface area (Å²) in [5.74, 6) is 1.73. The van der Waals surface area contributed by atoms with Gasteiger partial charge in [0.2, 0.25) is 0 Å². The fourth-order valence-electron chi connectivity index (χ4n) is 1.83. The van der Waals surface area contributed by atoms with Crippen LogP contribution in [0.25, 0.3) is 0 Å². The smallest absolute Gasteiger partial charge is 0.126 e. The van der Waals surface area contributed by atoms with Crippen molar-refractivity contribution >= 4 is 5.69 Å². The molecule has 0 radical (unpaired) electrons. The van der Waals surface area contributed by atoms with Crippen LogP contribution in [0.5, 0.6) is 17.2 Å². The Morgan fingerprint density at radius 3 is 2.24 bits per heavy atom. The van der Waals surface area contributed by atoms with E-state index in [4.69, 9.17) is 14.2 Å². The standard InChI is InChI=1S/C16H18FNO3/c1-19-14-9-15(20-2)11-16(10-14)21-7-6-18-13-5-3-4-12(17)8-13/h3-5,8-11,18H,6-7H2,1-2H3. The molecule has 0 heterocycles. The quantitative estimate of drug-likeness (QED) is 0.794. The van der Waals surface area contributed by atoms with E-state index in [1.807, 2.05) is 0 Å². The van der Waals surface area contributed by atoms with E-state index in [0.717, 1.165) is 5.69 Å². The van der Waals surface area contributed by atoms with Crippen LogP contribution in [-0.2, 0) is 0 Å². The molecule has 2 rings (SSSR count). The molecule has 2 aromatic rings. The van der Waals surface area contributed by atoms with Crippen molar-refractivity contribution in [3.8, 4) is 17.2 Å². The molecule has 0 aliphatic carbocycles. The Hall–Kier alpha value is -2.43. The molecule has 112 valence electrons. The number of nitrogens with one attached hydrogen (secondary N) is 1. The molecule has 0 atom stereocenters. The molecule has 0 aliphatic rings. The number of halogens is 1. The van der Waals surface area contributed by atoms with E-state index < -0.39 is 0 Å². The van der Waals surface area contributed by atoms with Crippen molar-refractivity contribution in [1.29, 1.82) is 0 Å². The van der Waals surface area contributed by atoms with E-state index in [2.05, 4.69) is 5.32 Å². The molecule has 0 bridgehead atoms. The minimum absolute atomic E-state index is 0.265. The van der Waals surface area contributed by atoms with Crippen LogP contribution in [0.3, 0.4) is 0 Å². The summed E-state index contributed by atoms with van der Waals surface area (Å²) in [5, 5.41) is 3.09. The molecular weight excluding hydrogens is 273 g/mol. The van der Waals surface area contributed by atoms with Crippen LogP contribution >= 0.6 is 0 Å². The lowest BCUT2D eigenvalue weighted by Crippen LogP contribution is -2.11. The monoisotopic (exact) mass is 291 g/mol. The summed E-state index contributed by atoms with van der Waals surface area (Å²) in [6.07, 6.45) is 0. The highest BCUT2D eigenvalue weighted by Gasteiger charge is 2.02. The molecule has 1 N–H and O–H groups in total. The van der Waals surface area contributed by atoms with Gasteiger partial charge in [-0.25, -0.2) is 4.39 Å². The zero-order valence-corrected chi connectivity index (χ0v) is 12.1. The average molecular weight is 291 g/mol. The largest absolute Gasteiger partial charge is 0.496 e. The predicted molar refractivity (Wildman–Crippen MR) is 79.9 cm³/mol. The molecular formula is C16H18FNO3. The Morgan fingerprint density at radius 1 is 0.952 bits per heavy atom. The van der Waals surface area contributed by atoms with E-state index in [1.165, 1.54) is 12.1 Å². The summed E-state index contributed by atoms with van der Waals surface area (Å²) in [4.78, 5) is 0. The molecule has 0 aromatic heterocycles. The number of methoxy groups -OCH3 is 2. The highest BCUT2D eigenvalue weighted by molar-refractivity contribution is 5.43. The van der Waals surface area contributed by atoms with Gasteiger partial charge in [0.05, 0.1) is 14.2 Å². The van der Waals surface area contributed by atoms with Gasteiger partial charge in [-0.3, -0.25) is 0 Å². The Morgan fingerprint density at radius 2 is 1.62 bits per heavy atom. The van der Waals surface area contributed by atoms with Crippen LogP contribution in [0.4, 0.5) is 10.1 Å². The van der Waals surface area contributed by atoms with Gasteiger partial charge in [-0.05, 0) is 18.2 Å². The first-order valence-corrected chi connectivity index (χ1v) is 6.56. The number of hydrogen-bond acceptors (Lipinski definition) is 4. The molecule has 21 heavy (non-hydrogen) atoms. The zero-order valence-electron chi connectivity index (χ0n) is 12.1. The minimum atomic E-state index is -0.265. The average Bonchev–Trinajstić information content (AvgIpc) is 2.51. The van der Waals surface area contributed by atoms with Crippen molar-refractivity contribution in [2.75, 3.05) is 32.7 Å². The number of anilines is 1. The minimum Gasteiger partial charge on any atom is -0.496 e. The van der Waals surface area contributed by atoms with Crippen LogP contribution in [-0.4, -0.2) is 27.4 Å². The van der Waals surface area contributed by atoms with Crippen molar-refractivity contribution in [3.63, 3.8) is 0 Å². The number of ether oxygens (including phenoxy) is 3. The molecule has 0 fully saturated rings. The number of rotatable bonds is 7. The van der Waals surface area contributed by atoms with Gasteiger partial charge in [0.15, 0.2) is 0 Å². The Labute approximate surface area is 123 Å². The van der Waals surface area contributed by atoms with Crippen LogP contribution in [0.15, 0.2) is 42.5 Å². The van der Waals surface area contributed by atoms with Gasteiger partial charge in [0.1, 0.15) is 29.7 Å². The number of benzene rings is 2. The molecule has 0 saturated carbocycles. The second kappa shape index (κ2) is 7.38. The van der Waals surface area contributed by atoms with Crippen LogP contribution in [0, 0.1) is 5.82 Å². The second-order valence-corrected chi connectivity index (χ2v) is 4.33. The van der Waals surface area contributed by atoms with Crippen LogP contribution < -0.4 is 19.5 Å². The maximum absolute atomic E-state index is 13.0. The molecule has 0 amide bonds. The fraction of sp³-hybridized carbons (Fsp3) is 0.250. The third-order valence-corrected chi connectivity index (χ3v) is 2.85. The summed E-state index contributed by atoms with van der Waals surface area (Å²) >= 11 is 0. The Kier molecular flexibility index (Phi) is 5.26. The lowest BCUT2D eigenvalue weighted by atomic mass is 10.3. The molecule has 4 nitrogen and oxygen atoms in total. The fourth-order valence-corrected chi connectivity index (χ4v) is 1.83. The van der Waals surface area contributed by atoms with E-state index in [-0.39, 0.29) is 5.82 Å². The summed E-state index contributed by atoms with van der Waals surface area (Å²) in [7, 11) is 3.17. The Bertz CT molecular complexity index is 567. The van der Waals surface area contributed by atoms with Crippen molar-refractivity contribution in [2.24, 2.45) is 0 Å². The van der Waals surface area contributed by atoms with Crippen LogP contribution in [0.1, 0.15) is 0 Å². The van der Waals surface area contributed by atoms with Crippen molar-refractivity contribution in [3.05, 3.63) is 48.3 Å². The van der Waals surface area contributed by atoms with E-state index in [1.54, 1.807) is 44.6 Å². The first-order valence-electron chi connectivity index (χ1n) is 6.56. The van der Waals surface area contributed by atoms with Gasteiger partial charge in [-0.1, -0.05) is 6.07 Å². The first kappa shape index (κ1) is 15.0. The topological polar surface area (TPSA) is 39.7 Å². The molecule has 0 unspecified atom stereocenters. The lowest BCUT2D eigenvalue weighted by Gasteiger charge is -2.11. The first-order chi connectivity index (χ1) is 10.2. The Balaban J connectivity index is 1.85. The normalized spacial score (nSPS) is 10.0. The maximum atomic E-state index is 13.0. The highest BCUT2D eigenvalue weighted by atomic mass is 19.1. The summed E-state index contributed by atoms with van der Waals surface area (Å²) in [6.45, 7) is 0.996. The third-order valence-electron chi connectivity index (χ3n) is 2.85. The SMILES string of the molecule is COc1cc(OC)cc(OCCNc2cccc(F)c2)c1.